The summed E-state index contributed by atoms with van der Waals surface area (Å²) in [6, 6.07) is 8.05. The topological polar surface area (TPSA) is 84.3 Å². The Kier molecular flexibility index (Phi) is 6.98. The summed E-state index contributed by atoms with van der Waals surface area (Å²) in [6.07, 6.45) is 6.28. The zero-order chi connectivity index (χ0) is 24.5. The van der Waals surface area contributed by atoms with Crippen molar-refractivity contribution in [2.45, 2.75) is 70.1 Å². The SMILES string of the molecule is CC(=O)N1CCc2c(sc3nc(SCC(=O)NC4CCCCC4)n(-c4ccc(C)cc4)c(=O)c23)C1. The Labute approximate surface area is 212 Å². The molecule has 1 aliphatic heterocycles. The standard InChI is InChI=1S/C26H30N4O3S2/c1-16-8-10-19(11-9-16)30-25(33)23-20-12-13-29(17(2)31)14-21(20)35-24(23)28-26(30)34-15-22(32)27-18-6-4-3-5-7-18/h8-11,18H,3-7,12-15H2,1-2H3,(H,27,32). The lowest BCUT2D eigenvalue weighted by atomic mass is 9.95. The second-order valence-corrected chi connectivity index (χ2v) is 11.5. The predicted molar refractivity (Wildman–Crippen MR) is 140 cm³/mol. The molecule has 5 rings (SSSR count). The molecule has 2 aliphatic rings. The Balaban J connectivity index is 1.50. The molecule has 2 aromatic heterocycles. The van der Waals surface area contributed by atoms with E-state index in [0.29, 0.717) is 34.9 Å². The Hall–Kier alpha value is -2.65. The van der Waals surface area contributed by atoms with Crippen molar-refractivity contribution in [1.82, 2.24) is 19.8 Å². The average Bonchev–Trinajstić information content (AvgIpc) is 3.22. The van der Waals surface area contributed by atoms with E-state index in [1.165, 1.54) is 29.5 Å². The van der Waals surface area contributed by atoms with Gasteiger partial charge < -0.3 is 10.2 Å². The minimum atomic E-state index is -0.109. The number of nitrogens with zero attached hydrogens (tertiary/aromatic N) is 3. The molecule has 1 aliphatic carbocycles. The first-order valence-corrected chi connectivity index (χ1v) is 14.0. The number of aromatic nitrogens is 2. The molecule has 0 bridgehead atoms. The smallest absolute Gasteiger partial charge is 0.267 e. The maximum Gasteiger partial charge on any atom is 0.267 e. The van der Waals surface area contributed by atoms with E-state index in [1.807, 2.05) is 36.1 Å². The first-order chi connectivity index (χ1) is 16.9. The molecule has 0 radical (unpaired) electrons. The number of rotatable bonds is 5. The number of carbonyl (C=O) groups excluding carboxylic acids is 2. The van der Waals surface area contributed by atoms with Crippen molar-refractivity contribution in [3.63, 3.8) is 0 Å². The first kappa shape index (κ1) is 24.1. The lowest BCUT2D eigenvalue weighted by Crippen LogP contribution is -2.37. The fourth-order valence-corrected chi connectivity index (χ4v) is 7.06. The highest BCUT2D eigenvalue weighted by Crippen LogP contribution is 2.34. The van der Waals surface area contributed by atoms with Crippen LogP contribution in [0.3, 0.4) is 0 Å². The number of thioether (sulfide) groups is 1. The Morgan fingerprint density at radius 2 is 1.91 bits per heavy atom. The molecule has 0 spiro atoms. The van der Waals surface area contributed by atoms with Crippen molar-refractivity contribution in [3.05, 3.63) is 50.6 Å². The molecule has 9 heteroatoms. The third kappa shape index (κ3) is 5.02. The fourth-order valence-electron chi connectivity index (χ4n) is 4.96. The Morgan fingerprint density at radius 1 is 1.17 bits per heavy atom. The molecule has 1 fully saturated rings. The van der Waals surface area contributed by atoms with Gasteiger partial charge in [-0.1, -0.05) is 48.7 Å². The number of fused-ring (bicyclic) bond motifs is 3. The number of benzene rings is 1. The van der Waals surface area contributed by atoms with E-state index in [1.54, 1.807) is 11.5 Å². The molecule has 1 aromatic carbocycles. The second kappa shape index (κ2) is 10.1. The van der Waals surface area contributed by atoms with Crippen molar-refractivity contribution in [1.29, 1.82) is 0 Å². The minimum absolute atomic E-state index is 0.0192. The fraction of sp³-hybridized carbons (Fsp3) is 0.462. The molecule has 0 saturated heterocycles. The van der Waals surface area contributed by atoms with Crippen molar-refractivity contribution >= 4 is 45.1 Å². The molecule has 2 amide bonds. The summed E-state index contributed by atoms with van der Waals surface area (Å²) in [5.74, 6) is 0.233. The molecule has 0 unspecified atom stereocenters. The predicted octanol–water partition coefficient (Wildman–Crippen LogP) is 4.20. The molecule has 3 heterocycles. The summed E-state index contributed by atoms with van der Waals surface area (Å²) in [5, 5.41) is 4.32. The summed E-state index contributed by atoms with van der Waals surface area (Å²) < 4.78 is 1.64. The van der Waals surface area contributed by atoms with Gasteiger partial charge in [0.2, 0.25) is 11.8 Å². The van der Waals surface area contributed by atoms with Gasteiger partial charge in [0.1, 0.15) is 4.83 Å². The number of carbonyl (C=O) groups is 2. The summed E-state index contributed by atoms with van der Waals surface area (Å²) in [6.45, 7) is 4.71. The first-order valence-electron chi connectivity index (χ1n) is 12.2. The zero-order valence-corrected chi connectivity index (χ0v) is 21.8. The molecular weight excluding hydrogens is 480 g/mol. The quantitative estimate of drug-likeness (QED) is 0.411. The molecule has 7 nitrogen and oxygen atoms in total. The Morgan fingerprint density at radius 3 is 2.63 bits per heavy atom. The Bertz CT molecular complexity index is 1320. The van der Waals surface area contributed by atoms with Gasteiger partial charge in [0.25, 0.3) is 5.56 Å². The van der Waals surface area contributed by atoms with Crippen LogP contribution in [0.5, 0.6) is 0 Å². The molecule has 0 atom stereocenters. The van der Waals surface area contributed by atoms with Crippen molar-refractivity contribution in [3.8, 4) is 5.69 Å². The highest BCUT2D eigenvalue weighted by molar-refractivity contribution is 7.99. The summed E-state index contributed by atoms with van der Waals surface area (Å²) >= 11 is 2.79. The van der Waals surface area contributed by atoms with Gasteiger partial charge in [0.15, 0.2) is 5.16 Å². The summed E-state index contributed by atoms with van der Waals surface area (Å²) in [7, 11) is 0. The van der Waals surface area contributed by atoms with Crippen LogP contribution in [0, 0.1) is 6.92 Å². The maximum atomic E-state index is 13.9. The van der Waals surface area contributed by atoms with Crippen molar-refractivity contribution < 1.29 is 9.59 Å². The van der Waals surface area contributed by atoms with Gasteiger partial charge in [-0.05, 0) is 43.9 Å². The van der Waals surface area contributed by atoms with Gasteiger partial charge in [0, 0.05) is 24.4 Å². The molecule has 1 saturated carbocycles. The third-order valence-corrected chi connectivity index (χ3v) is 8.93. The zero-order valence-electron chi connectivity index (χ0n) is 20.1. The van der Waals surface area contributed by atoms with Crippen molar-refractivity contribution in [2.75, 3.05) is 12.3 Å². The van der Waals surface area contributed by atoms with Crippen LogP contribution in [0.25, 0.3) is 15.9 Å². The van der Waals surface area contributed by atoms with Crippen LogP contribution >= 0.6 is 23.1 Å². The number of amides is 2. The van der Waals surface area contributed by atoms with Gasteiger partial charge in [-0.15, -0.1) is 11.3 Å². The van der Waals surface area contributed by atoms with E-state index in [9.17, 15) is 14.4 Å². The molecule has 35 heavy (non-hydrogen) atoms. The molecule has 184 valence electrons. The summed E-state index contributed by atoms with van der Waals surface area (Å²) in [5.41, 5.74) is 2.75. The van der Waals surface area contributed by atoms with E-state index in [-0.39, 0.29) is 29.2 Å². The molecule has 1 N–H and O–H groups in total. The van der Waals surface area contributed by atoms with Gasteiger partial charge >= 0.3 is 0 Å². The normalized spacial score (nSPS) is 16.3. The van der Waals surface area contributed by atoms with E-state index >= 15 is 0 Å². The monoisotopic (exact) mass is 510 g/mol. The van der Waals surface area contributed by atoms with Gasteiger partial charge in [-0.25, -0.2) is 4.98 Å². The van der Waals surface area contributed by atoms with Crippen LogP contribution < -0.4 is 10.9 Å². The maximum absolute atomic E-state index is 13.9. The third-order valence-electron chi connectivity index (χ3n) is 6.88. The van der Waals surface area contributed by atoms with Crippen LogP contribution in [0.2, 0.25) is 0 Å². The van der Waals surface area contributed by atoms with Crippen LogP contribution in [0.15, 0.2) is 34.2 Å². The number of thiophene rings is 1. The summed E-state index contributed by atoms with van der Waals surface area (Å²) in [4.78, 5) is 46.9. The van der Waals surface area contributed by atoms with E-state index in [2.05, 4.69) is 5.32 Å². The van der Waals surface area contributed by atoms with E-state index in [0.717, 1.165) is 47.4 Å². The van der Waals surface area contributed by atoms with E-state index in [4.69, 9.17) is 4.98 Å². The van der Waals surface area contributed by atoms with E-state index < -0.39 is 0 Å². The average molecular weight is 511 g/mol. The highest BCUT2D eigenvalue weighted by Gasteiger charge is 2.27. The lowest BCUT2D eigenvalue weighted by molar-refractivity contribution is -0.129. The van der Waals surface area contributed by atoms with Crippen LogP contribution in [0.4, 0.5) is 0 Å². The second-order valence-electron chi connectivity index (χ2n) is 9.44. The van der Waals surface area contributed by atoms with Gasteiger partial charge in [-0.2, -0.15) is 0 Å². The number of nitrogens with one attached hydrogen (secondary N) is 1. The number of aryl methyl sites for hydroxylation is 1. The molecular formula is C26H30N4O3S2. The number of hydrogen-bond donors (Lipinski definition) is 1. The highest BCUT2D eigenvalue weighted by atomic mass is 32.2. The minimum Gasteiger partial charge on any atom is -0.353 e. The van der Waals surface area contributed by atoms with Gasteiger partial charge in [-0.3, -0.25) is 19.0 Å². The largest absolute Gasteiger partial charge is 0.353 e. The van der Waals surface area contributed by atoms with Crippen LogP contribution in [0.1, 0.15) is 55.0 Å². The van der Waals surface area contributed by atoms with Crippen LogP contribution in [-0.4, -0.2) is 44.6 Å². The van der Waals surface area contributed by atoms with Crippen LogP contribution in [-0.2, 0) is 22.6 Å². The molecule has 3 aromatic rings. The number of hydrogen-bond acceptors (Lipinski definition) is 6. The lowest BCUT2D eigenvalue weighted by Gasteiger charge is -2.25. The van der Waals surface area contributed by atoms with Crippen molar-refractivity contribution in [2.24, 2.45) is 0 Å². The van der Waals surface area contributed by atoms with Gasteiger partial charge in [0.05, 0.1) is 23.4 Å².